The fourth-order valence-electron chi connectivity index (χ4n) is 4.38. The summed E-state index contributed by atoms with van der Waals surface area (Å²) in [5, 5.41) is 24.8. The van der Waals surface area contributed by atoms with E-state index < -0.39 is 6.10 Å². The van der Waals surface area contributed by atoms with E-state index in [2.05, 4.69) is 30.7 Å². The summed E-state index contributed by atoms with van der Waals surface area (Å²) in [4.78, 5) is 30.7. The molecule has 0 aliphatic carbocycles. The molecule has 3 aromatic rings. The van der Waals surface area contributed by atoms with Gasteiger partial charge in [-0.3, -0.25) is 9.69 Å². The molecule has 170 valence electrons. The minimum Gasteiger partial charge on any atom is -0.457 e. The molecule has 11 heteroatoms. The zero-order valence-electron chi connectivity index (χ0n) is 18.0. The van der Waals surface area contributed by atoms with Crippen molar-refractivity contribution >= 4 is 11.9 Å². The van der Waals surface area contributed by atoms with Gasteiger partial charge in [-0.2, -0.15) is 4.68 Å². The molecule has 2 N–H and O–H groups in total. The summed E-state index contributed by atoms with van der Waals surface area (Å²) in [5.41, 5.74) is 4.09. The molecule has 0 radical (unpaired) electrons. The van der Waals surface area contributed by atoms with E-state index in [4.69, 9.17) is 4.74 Å². The number of hydrogen-bond donors (Lipinski definition) is 2. The lowest BCUT2D eigenvalue weighted by Crippen LogP contribution is -2.38. The van der Waals surface area contributed by atoms with Gasteiger partial charge in [0.2, 0.25) is 0 Å². The van der Waals surface area contributed by atoms with Crippen LogP contribution in [0, 0.1) is 6.92 Å². The number of tetrazole rings is 1. The molecule has 1 saturated heterocycles. The van der Waals surface area contributed by atoms with Crippen molar-refractivity contribution in [3.05, 3.63) is 64.7 Å². The summed E-state index contributed by atoms with van der Waals surface area (Å²) in [7, 11) is 0. The number of nitrogens with zero attached hydrogens (tertiary/aromatic N) is 6. The average Bonchev–Trinajstić information content (AvgIpc) is 3.57. The first-order valence-corrected chi connectivity index (χ1v) is 10.7. The molecule has 0 bridgehead atoms. The Morgan fingerprint density at radius 1 is 1.33 bits per heavy atom. The van der Waals surface area contributed by atoms with E-state index in [0.29, 0.717) is 30.0 Å². The van der Waals surface area contributed by atoms with Crippen molar-refractivity contribution in [2.24, 2.45) is 0 Å². The summed E-state index contributed by atoms with van der Waals surface area (Å²) in [5.74, 6) is -0.559. The maximum atomic E-state index is 12.6. The smallest absolute Gasteiger partial charge is 0.338 e. The van der Waals surface area contributed by atoms with Crippen LogP contribution in [0.15, 0.2) is 36.8 Å². The number of carbonyl (C=O) groups excluding carboxylic acids is 2. The number of rotatable bonds is 6. The highest BCUT2D eigenvalue weighted by Crippen LogP contribution is 2.29. The monoisotopic (exact) mass is 449 g/mol. The second-order valence-electron chi connectivity index (χ2n) is 8.27. The van der Waals surface area contributed by atoms with Gasteiger partial charge in [0.05, 0.1) is 23.6 Å². The van der Waals surface area contributed by atoms with E-state index in [1.165, 1.54) is 11.0 Å². The van der Waals surface area contributed by atoms with Crippen LogP contribution in [0.3, 0.4) is 0 Å². The Kier molecular flexibility index (Phi) is 5.56. The van der Waals surface area contributed by atoms with Crippen molar-refractivity contribution in [3.63, 3.8) is 0 Å². The van der Waals surface area contributed by atoms with E-state index in [1.807, 2.05) is 6.92 Å². The first-order valence-electron chi connectivity index (χ1n) is 10.7. The summed E-state index contributed by atoms with van der Waals surface area (Å²) < 4.78 is 6.56. The Balaban J connectivity index is 1.17. The molecule has 0 spiro atoms. The Bertz CT molecular complexity index is 1180. The van der Waals surface area contributed by atoms with Crippen molar-refractivity contribution in [1.82, 2.24) is 35.4 Å². The van der Waals surface area contributed by atoms with Gasteiger partial charge in [0.15, 0.2) is 0 Å². The lowest BCUT2D eigenvalue weighted by Gasteiger charge is -2.22. The molecule has 0 unspecified atom stereocenters. The lowest BCUT2D eigenvalue weighted by atomic mass is 9.95. The zero-order valence-corrected chi connectivity index (χ0v) is 18.0. The van der Waals surface area contributed by atoms with E-state index >= 15 is 0 Å². The number of cyclic esters (lactones) is 1. The highest BCUT2D eigenvalue weighted by atomic mass is 16.5. The number of aromatic nitrogens is 5. The standard InChI is InChI=1S/C22H23N7O4/c1-13-16(3-4-17-18(13)11-33-22(17)32)20(30)10-28-7-6-14(9-28)25-21(31)19-5-2-15(8-23-19)29-12-24-26-27-29/h2-5,8,12,14,20,30H,6-7,9-11H2,1H3,(H,25,31)/t14-,20+/m1/s1. The Labute approximate surface area is 189 Å². The number of benzene rings is 1. The van der Waals surface area contributed by atoms with Crippen LogP contribution < -0.4 is 5.32 Å². The number of amides is 1. The lowest BCUT2D eigenvalue weighted by molar-refractivity contribution is 0.0534. The first kappa shape index (κ1) is 21.2. The fraction of sp³-hybridized carbons (Fsp3) is 0.364. The van der Waals surface area contributed by atoms with Gasteiger partial charge in [-0.25, -0.2) is 9.78 Å². The molecular formula is C22H23N7O4. The molecule has 2 aliphatic heterocycles. The van der Waals surface area contributed by atoms with Gasteiger partial charge in [0, 0.05) is 31.2 Å². The van der Waals surface area contributed by atoms with E-state index in [0.717, 1.165) is 29.7 Å². The third-order valence-electron chi connectivity index (χ3n) is 6.20. The molecule has 1 fully saturated rings. The third kappa shape index (κ3) is 4.20. The summed E-state index contributed by atoms with van der Waals surface area (Å²) >= 11 is 0. The molecular weight excluding hydrogens is 426 g/mol. The summed E-state index contributed by atoms with van der Waals surface area (Å²) in [6.45, 7) is 4.00. The predicted octanol–water partition coefficient (Wildman–Crippen LogP) is 0.574. The third-order valence-corrected chi connectivity index (χ3v) is 6.20. The number of fused-ring (bicyclic) bond motifs is 1. The van der Waals surface area contributed by atoms with Crippen LogP contribution in [-0.4, -0.2) is 72.8 Å². The first-order chi connectivity index (χ1) is 16.0. The average molecular weight is 449 g/mol. The second kappa shape index (κ2) is 8.68. The summed E-state index contributed by atoms with van der Waals surface area (Å²) in [6, 6.07) is 6.85. The molecule has 5 rings (SSSR count). The topological polar surface area (TPSA) is 135 Å². The number of aliphatic hydroxyl groups is 1. The van der Waals surface area contributed by atoms with Gasteiger partial charge < -0.3 is 15.2 Å². The largest absolute Gasteiger partial charge is 0.457 e. The molecule has 4 heterocycles. The number of likely N-dealkylation sites (tertiary alicyclic amines) is 1. The zero-order chi connectivity index (χ0) is 22.9. The SMILES string of the molecule is Cc1c([C@@H](O)CN2CC[C@@H](NC(=O)c3ccc(-n4cnnn4)cn3)C2)ccc2c1COC2=O. The Hall–Kier alpha value is -3.70. The van der Waals surface area contributed by atoms with Crippen molar-refractivity contribution in [1.29, 1.82) is 0 Å². The molecule has 11 nitrogen and oxygen atoms in total. The quantitative estimate of drug-likeness (QED) is 0.518. The van der Waals surface area contributed by atoms with Gasteiger partial charge >= 0.3 is 5.97 Å². The number of hydrogen-bond acceptors (Lipinski definition) is 9. The van der Waals surface area contributed by atoms with Crippen molar-refractivity contribution in [2.45, 2.75) is 32.1 Å². The maximum Gasteiger partial charge on any atom is 0.338 e. The van der Waals surface area contributed by atoms with Gasteiger partial charge in [0.25, 0.3) is 5.91 Å². The maximum absolute atomic E-state index is 12.6. The number of esters is 1. The second-order valence-corrected chi connectivity index (χ2v) is 8.27. The normalized spacial score (nSPS) is 18.7. The number of pyridine rings is 1. The highest BCUT2D eigenvalue weighted by molar-refractivity contribution is 5.94. The van der Waals surface area contributed by atoms with Crippen molar-refractivity contribution in [2.75, 3.05) is 19.6 Å². The summed E-state index contributed by atoms with van der Waals surface area (Å²) in [6.07, 6.45) is 3.09. The molecule has 33 heavy (non-hydrogen) atoms. The van der Waals surface area contributed by atoms with Gasteiger partial charge in [0.1, 0.15) is 18.6 Å². The van der Waals surface area contributed by atoms with Crippen LogP contribution in [0.2, 0.25) is 0 Å². The van der Waals surface area contributed by atoms with Crippen LogP contribution >= 0.6 is 0 Å². The number of nitrogens with one attached hydrogen (secondary N) is 1. The molecule has 0 saturated carbocycles. The molecule has 2 atom stereocenters. The van der Waals surface area contributed by atoms with Crippen molar-refractivity contribution < 1.29 is 19.4 Å². The molecule has 2 aromatic heterocycles. The minimum atomic E-state index is -0.694. The van der Waals surface area contributed by atoms with Gasteiger partial charge in [-0.05, 0) is 53.1 Å². The van der Waals surface area contributed by atoms with E-state index in [1.54, 1.807) is 30.5 Å². The van der Waals surface area contributed by atoms with Crippen LogP contribution in [0.25, 0.3) is 5.69 Å². The van der Waals surface area contributed by atoms with Crippen molar-refractivity contribution in [3.8, 4) is 5.69 Å². The fourth-order valence-corrected chi connectivity index (χ4v) is 4.38. The van der Waals surface area contributed by atoms with Crippen LogP contribution in [-0.2, 0) is 11.3 Å². The molecule has 2 aliphatic rings. The van der Waals surface area contributed by atoms with Gasteiger partial charge in [-0.1, -0.05) is 6.07 Å². The van der Waals surface area contributed by atoms with Gasteiger partial charge in [-0.15, -0.1) is 5.10 Å². The number of β-amino-alcohol motifs (C(OH)–C–C–N with tert-alkyl or cyclic N) is 1. The predicted molar refractivity (Wildman–Crippen MR) is 115 cm³/mol. The van der Waals surface area contributed by atoms with Crippen LogP contribution in [0.5, 0.6) is 0 Å². The number of ether oxygens (including phenoxy) is 1. The number of carbonyl (C=O) groups is 2. The number of aliphatic hydroxyl groups excluding tert-OH is 1. The Morgan fingerprint density at radius 2 is 2.21 bits per heavy atom. The van der Waals surface area contributed by atoms with Crippen LogP contribution in [0.4, 0.5) is 0 Å². The van der Waals surface area contributed by atoms with Crippen LogP contribution in [0.1, 0.15) is 50.1 Å². The minimum absolute atomic E-state index is 0.0298. The molecule has 1 aromatic carbocycles. The van der Waals surface area contributed by atoms with E-state index in [-0.39, 0.29) is 24.5 Å². The highest BCUT2D eigenvalue weighted by Gasteiger charge is 2.29. The van der Waals surface area contributed by atoms with E-state index in [9.17, 15) is 14.7 Å². The molecule has 1 amide bonds. The Morgan fingerprint density at radius 3 is 2.97 bits per heavy atom.